The number of para-hydroxylation sites is 1. The van der Waals surface area contributed by atoms with E-state index in [-0.39, 0.29) is 5.75 Å². The third-order valence-corrected chi connectivity index (χ3v) is 5.82. The van der Waals surface area contributed by atoms with Crippen LogP contribution in [0.2, 0.25) is 0 Å². The molecule has 0 bridgehead atoms. The summed E-state index contributed by atoms with van der Waals surface area (Å²) in [4.78, 5) is 14.2. The number of imidazole rings is 1. The molecule has 164 valence electrons. The summed E-state index contributed by atoms with van der Waals surface area (Å²) >= 11 is 0. The molecule has 5 heteroatoms. The molecule has 0 spiro atoms. The van der Waals surface area contributed by atoms with E-state index in [0.717, 1.165) is 40.0 Å². The molecule has 0 fully saturated rings. The maximum atomic E-state index is 10.4. The van der Waals surface area contributed by atoms with Crippen molar-refractivity contribution in [1.82, 2.24) is 19.5 Å². The van der Waals surface area contributed by atoms with E-state index in [9.17, 15) is 5.11 Å². The Morgan fingerprint density at radius 3 is 2.42 bits per heavy atom. The maximum Gasteiger partial charge on any atom is 0.144 e. The zero-order chi connectivity index (χ0) is 22.9. The fraction of sp³-hybridized carbons (Fsp3) is 0.179. The van der Waals surface area contributed by atoms with E-state index in [4.69, 9.17) is 9.97 Å². The van der Waals surface area contributed by atoms with Crippen LogP contribution in [0.5, 0.6) is 5.75 Å². The van der Waals surface area contributed by atoms with Gasteiger partial charge in [-0.3, -0.25) is 9.97 Å². The molecule has 0 atom stereocenters. The van der Waals surface area contributed by atoms with Gasteiger partial charge in [0.1, 0.15) is 17.1 Å². The van der Waals surface area contributed by atoms with Crippen molar-refractivity contribution in [2.24, 2.45) is 13.0 Å². The fourth-order valence-electron chi connectivity index (χ4n) is 4.33. The van der Waals surface area contributed by atoms with Crippen molar-refractivity contribution in [1.29, 1.82) is 0 Å². The van der Waals surface area contributed by atoms with Crippen molar-refractivity contribution in [3.05, 3.63) is 84.7 Å². The molecule has 0 aliphatic carbocycles. The number of rotatable bonds is 5. The molecule has 3 aromatic heterocycles. The molecule has 0 amide bonds. The van der Waals surface area contributed by atoms with Gasteiger partial charge in [-0.25, -0.2) is 4.98 Å². The van der Waals surface area contributed by atoms with Crippen LogP contribution in [0.25, 0.3) is 44.9 Å². The Bertz CT molecular complexity index is 1440. The quantitative estimate of drug-likeness (QED) is 0.354. The summed E-state index contributed by atoms with van der Waals surface area (Å²) < 4.78 is 2.01. The van der Waals surface area contributed by atoms with Gasteiger partial charge >= 0.3 is 0 Å². The lowest BCUT2D eigenvalue weighted by Crippen LogP contribution is -1.97. The smallest absolute Gasteiger partial charge is 0.144 e. The molecule has 2 aromatic carbocycles. The van der Waals surface area contributed by atoms with Crippen LogP contribution >= 0.6 is 0 Å². The number of benzene rings is 2. The molecule has 0 radical (unpaired) electrons. The summed E-state index contributed by atoms with van der Waals surface area (Å²) in [6.45, 7) is 4.45. The number of aromatic hydroxyl groups is 1. The first-order valence-electron chi connectivity index (χ1n) is 11.2. The largest absolute Gasteiger partial charge is 0.507 e. The molecular formula is C28H26N4O. The lowest BCUT2D eigenvalue weighted by atomic mass is 9.95. The van der Waals surface area contributed by atoms with Gasteiger partial charge in [0.15, 0.2) is 0 Å². The van der Waals surface area contributed by atoms with E-state index in [2.05, 4.69) is 37.0 Å². The maximum absolute atomic E-state index is 10.4. The normalized spacial score (nSPS) is 11.4. The number of pyridine rings is 2. The molecule has 5 nitrogen and oxygen atoms in total. The monoisotopic (exact) mass is 434 g/mol. The topological polar surface area (TPSA) is 63.8 Å². The second-order valence-electron chi connectivity index (χ2n) is 8.77. The van der Waals surface area contributed by atoms with Gasteiger partial charge in [-0.15, -0.1) is 0 Å². The van der Waals surface area contributed by atoms with E-state index >= 15 is 0 Å². The average molecular weight is 435 g/mol. The highest BCUT2D eigenvalue weighted by Gasteiger charge is 2.18. The molecule has 0 saturated carbocycles. The van der Waals surface area contributed by atoms with Gasteiger partial charge in [0, 0.05) is 30.6 Å². The second-order valence-corrected chi connectivity index (χ2v) is 8.77. The Kier molecular flexibility index (Phi) is 5.38. The van der Waals surface area contributed by atoms with Crippen LogP contribution in [0.3, 0.4) is 0 Å². The Labute approximate surface area is 193 Å². The van der Waals surface area contributed by atoms with E-state index < -0.39 is 0 Å². The van der Waals surface area contributed by atoms with E-state index in [1.54, 1.807) is 6.07 Å². The van der Waals surface area contributed by atoms with Crippen LogP contribution in [0, 0.1) is 5.92 Å². The van der Waals surface area contributed by atoms with Gasteiger partial charge < -0.3 is 9.67 Å². The van der Waals surface area contributed by atoms with Gasteiger partial charge in [-0.2, -0.15) is 0 Å². The molecule has 3 heterocycles. The number of hydrogen-bond acceptors (Lipinski definition) is 4. The standard InChI is InChI=1S/C28H26N4O/c1-18(2)14-19-15-20(23-9-6-7-12-29-23)17-21(16-19)26-27-24(11-13-30-26)32(3)28(31-27)22-8-4-5-10-25(22)33/h4-13,15-18,33H,14H2,1-3H3. The van der Waals surface area contributed by atoms with Crippen LogP contribution in [-0.4, -0.2) is 24.6 Å². The number of fused-ring (bicyclic) bond motifs is 1. The lowest BCUT2D eigenvalue weighted by Gasteiger charge is -2.12. The van der Waals surface area contributed by atoms with Crippen LogP contribution in [0.1, 0.15) is 19.4 Å². The first kappa shape index (κ1) is 20.9. The van der Waals surface area contributed by atoms with Crippen LogP contribution in [-0.2, 0) is 13.5 Å². The lowest BCUT2D eigenvalue weighted by molar-refractivity contribution is 0.476. The number of phenols is 1. The number of phenolic OH excluding ortho intramolecular Hbond substituents is 1. The van der Waals surface area contributed by atoms with E-state index in [1.807, 2.05) is 66.5 Å². The summed E-state index contributed by atoms with van der Waals surface area (Å²) in [6.07, 6.45) is 4.61. The van der Waals surface area contributed by atoms with Gasteiger partial charge in [-0.1, -0.05) is 32.0 Å². The Morgan fingerprint density at radius 1 is 0.879 bits per heavy atom. The molecule has 0 unspecified atom stereocenters. The minimum atomic E-state index is 0.210. The molecule has 5 aromatic rings. The van der Waals surface area contributed by atoms with E-state index in [0.29, 0.717) is 17.3 Å². The summed E-state index contributed by atoms with van der Waals surface area (Å²) in [5, 5.41) is 10.4. The molecular weight excluding hydrogens is 408 g/mol. The van der Waals surface area contributed by atoms with Crippen molar-refractivity contribution < 1.29 is 5.11 Å². The highest BCUT2D eigenvalue weighted by Crippen LogP contribution is 2.35. The van der Waals surface area contributed by atoms with Gasteiger partial charge in [-0.05, 0) is 66.4 Å². The number of hydrogen-bond donors (Lipinski definition) is 1. The Hall–Kier alpha value is -3.99. The molecule has 0 saturated heterocycles. The molecule has 1 N–H and O–H groups in total. The third kappa shape index (κ3) is 3.98. The Balaban J connectivity index is 1.72. The van der Waals surface area contributed by atoms with Gasteiger partial charge in [0.25, 0.3) is 0 Å². The van der Waals surface area contributed by atoms with Crippen LogP contribution < -0.4 is 0 Å². The molecule has 0 aliphatic rings. The van der Waals surface area contributed by atoms with Crippen LogP contribution in [0.15, 0.2) is 79.1 Å². The summed E-state index contributed by atoms with van der Waals surface area (Å²) in [5.41, 5.74) is 7.57. The molecule has 33 heavy (non-hydrogen) atoms. The minimum absolute atomic E-state index is 0.210. The van der Waals surface area contributed by atoms with Crippen molar-refractivity contribution in [2.45, 2.75) is 20.3 Å². The fourth-order valence-corrected chi connectivity index (χ4v) is 4.33. The van der Waals surface area contributed by atoms with E-state index in [1.165, 1.54) is 5.56 Å². The number of nitrogens with zero attached hydrogens (tertiary/aromatic N) is 4. The van der Waals surface area contributed by atoms with Gasteiger partial charge in [0.05, 0.1) is 22.5 Å². The summed E-state index contributed by atoms with van der Waals surface area (Å²) in [6, 6.07) is 21.8. The predicted octanol–water partition coefficient (Wildman–Crippen LogP) is 6.27. The predicted molar refractivity (Wildman–Crippen MR) is 133 cm³/mol. The highest BCUT2D eigenvalue weighted by atomic mass is 16.3. The minimum Gasteiger partial charge on any atom is -0.507 e. The number of aromatic nitrogens is 4. The second kappa shape index (κ2) is 8.51. The van der Waals surface area contributed by atoms with Crippen molar-refractivity contribution in [2.75, 3.05) is 0 Å². The number of aryl methyl sites for hydroxylation is 1. The van der Waals surface area contributed by atoms with Crippen molar-refractivity contribution in [3.63, 3.8) is 0 Å². The SMILES string of the molecule is CC(C)Cc1cc(-c2ccccn2)cc(-c2nccc3c2nc(-c2ccccc2O)n3C)c1. The Morgan fingerprint density at radius 2 is 1.67 bits per heavy atom. The average Bonchev–Trinajstić information content (AvgIpc) is 3.16. The zero-order valence-electron chi connectivity index (χ0n) is 19.0. The van der Waals surface area contributed by atoms with Crippen molar-refractivity contribution >= 4 is 11.0 Å². The first-order valence-corrected chi connectivity index (χ1v) is 11.2. The first-order chi connectivity index (χ1) is 16.0. The molecule has 0 aliphatic heterocycles. The van der Waals surface area contributed by atoms with Gasteiger partial charge in [0.2, 0.25) is 0 Å². The zero-order valence-corrected chi connectivity index (χ0v) is 19.0. The summed E-state index contributed by atoms with van der Waals surface area (Å²) in [7, 11) is 1.97. The molecule has 5 rings (SSSR count). The van der Waals surface area contributed by atoms with Crippen LogP contribution in [0.4, 0.5) is 0 Å². The summed E-state index contributed by atoms with van der Waals surface area (Å²) in [5.74, 6) is 1.45. The third-order valence-electron chi connectivity index (χ3n) is 5.82. The highest BCUT2D eigenvalue weighted by molar-refractivity contribution is 5.93. The van der Waals surface area contributed by atoms with Crippen molar-refractivity contribution in [3.8, 4) is 39.7 Å².